The highest BCUT2D eigenvalue weighted by Gasteiger charge is 2.34. The molecule has 1 amide bonds. The monoisotopic (exact) mass is 210 g/mol. The summed E-state index contributed by atoms with van der Waals surface area (Å²) in [7, 11) is 0. The third kappa shape index (κ3) is 2.33. The maximum Gasteiger partial charge on any atom is 0.238 e. The molecule has 0 aromatic heterocycles. The van der Waals surface area contributed by atoms with Gasteiger partial charge in [-0.3, -0.25) is 10.1 Å². The third-order valence-corrected chi connectivity index (χ3v) is 3.72. The second-order valence-electron chi connectivity index (χ2n) is 4.75. The van der Waals surface area contributed by atoms with Gasteiger partial charge in [-0.2, -0.15) is 0 Å². The number of amides is 1. The molecule has 1 saturated carbocycles. The molecule has 0 aromatic rings. The average Bonchev–Trinajstić information content (AvgIpc) is 2.48. The van der Waals surface area contributed by atoms with E-state index in [1.165, 1.54) is 38.5 Å². The van der Waals surface area contributed by atoms with Crippen molar-refractivity contribution in [3.63, 3.8) is 0 Å². The van der Waals surface area contributed by atoms with E-state index in [-0.39, 0.29) is 0 Å². The zero-order valence-corrected chi connectivity index (χ0v) is 9.67. The van der Waals surface area contributed by atoms with E-state index in [0.717, 1.165) is 6.42 Å². The van der Waals surface area contributed by atoms with Gasteiger partial charge in [0, 0.05) is 6.04 Å². The Hall–Kier alpha value is -0.570. The lowest BCUT2D eigenvalue weighted by Gasteiger charge is -2.31. The van der Waals surface area contributed by atoms with E-state index in [4.69, 9.17) is 0 Å². The summed E-state index contributed by atoms with van der Waals surface area (Å²) in [4.78, 5) is 13.9. The minimum Gasteiger partial charge on any atom is -0.323 e. The quantitative estimate of drug-likeness (QED) is 0.706. The standard InChI is InChI=1S/C12H22N2O/c1-2-11-13-9-12(15)14(11)10-7-5-3-4-6-8-10/h10-11,13H,2-9H2,1H3. The second kappa shape index (κ2) is 4.97. The van der Waals surface area contributed by atoms with Crippen LogP contribution >= 0.6 is 0 Å². The molecule has 3 nitrogen and oxygen atoms in total. The van der Waals surface area contributed by atoms with Crippen molar-refractivity contribution in [1.82, 2.24) is 10.2 Å². The zero-order valence-electron chi connectivity index (χ0n) is 9.67. The summed E-state index contributed by atoms with van der Waals surface area (Å²) in [5.41, 5.74) is 0. The van der Waals surface area contributed by atoms with Gasteiger partial charge in [-0.1, -0.05) is 32.6 Å². The molecule has 1 atom stereocenters. The summed E-state index contributed by atoms with van der Waals surface area (Å²) < 4.78 is 0. The highest BCUT2D eigenvalue weighted by Crippen LogP contribution is 2.25. The van der Waals surface area contributed by atoms with Gasteiger partial charge in [0.25, 0.3) is 0 Å². The molecule has 1 heterocycles. The van der Waals surface area contributed by atoms with Crippen molar-refractivity contribution in [3.8, 4) is 0 Å². The predicted molar refractivity (Wildman–Crippen MR) is 60.4 cm³/mol. The summed E-state index contributed by atoms with van der Waals surface area (Å²) in [6.45, 7) is 2.70. The van der Waals surface area contributed by atoms with Crippen LogP contribution in [0.1, 0.15) is 51.9 Å². The molecule has 2 fully saturated rings. The van der Waals surface area contributed by atoms with Gasteiger partial charge >= 0.3 is 0 Å². The molecule has 86 valence electrons. The van der Waals surface area contributed by atoms with Crippen LogP contribution in [0.25, 0.3) is 0 Å². The maximum atomic E-state index is 11.8. The van der Waals surface area contributed by atoms with Crippen LogP contribution in [0.15, 0.2) is 0 Å². The number of carbonyl (C=O) groups is 1. The van der Waals surface area contributed by atoms with Crippen LogP contribution in [-0.2, 0) is 4.79 Å². The fraction of sp³-hybridized carbons (Fsp3) is 0.917. The van der Waals surface area contributed by atoms with Gasteiger partial charge in [0.1, 0.15) is 0 Å². The molecule has 0 bridgehead atoms. The summed E-state index contributed by atoms with van der Waals surface area (Å²) in [5.74, 6) is 0.314. The first-order valence-electron chi connectivity index (χ1n) is 6.37. The van der Waals surface area contributed by atoms with E-state index in [1.807, 2.05) is 0 Å². The Balaban J connectivity index is 2.02. The van der Waals surface area contributed by atoms with Gasteiger partial charge in [-0.15, -0.1) is 0 Å². The van der Waals surface area contributed by atoms with Gasteiger partial charge in [-0.25, -0.2) is 0 Å². The molecule has 0 aromatic carbocycles. The van der Waals surface area contributed by atoms with Crippen molar-refractivity contribution in [2.24, 2.45) is 0 Å². The Morgan fingerprint density at radius 2 is 1.93 bits per heavy atom. The summed E-state index contributed by atoms with van der Waals surface area (Å²) in [6, 6.07) is 0.514. The van der Waals surface area contributed by atoms with Crippen LogP contribution in [0.4, 0.5) is 0 Å². The van der Waals surface area contributed by atoms with Crippen molar-refractivity contribution >= 4 is 5.91 Å². The van der Waals surface area contributed by atoms with E-state index in [1.54, 1.807) is 0 Å². The van der Waals surface area contributed by atoms with Gasteiger partial charge in [-0.05, 0) is 19.3 Å². The minimum absolute atomic E-state index is 0.306. The number of nitrogens with one attached hydrogen (secondary N) is 1. The van der Waals surface area contributed by atoms with Gasteiger partial charge in [0.2, 0.25) is 5.91 Å². The number of hydrogen-bond acceptors (Lipinski definition) is 2. The van der Waals surface area contributed by atoms with Crippen LogP contribution in [0.5, 0.6) is 0 Å². The first kappa shape index (κ1) is 10.9. The fourth-order valence-electron chi connectivity index (χ4n) is 2.90. The van der Waals surface area contributed by atoms with Gasteiger partial charge in [0.05, 0.1) is 12.7 Å². The van der Waals surface area contributed by atoms with E-state index >= 15 is 0 Å². The molecular formula is C12H22N2O. The van der Waals surface area contributed by atoms with Gasteiger partial charge < -0.3 is 4.90 Å². The fourth-order valence-corrected chi connectivity index (χ4v) is 2.90. The van der Waals surface area contributed by atoms with Crippen LogP contribution < -0.4 is 5.32 Å². The maximum absolute atomic E-state index is 11.8. The molecule has 0 spiro atoms. The molecule has 1 aliphatic carbocycles. The van der Waals surface area contributed by atoms with Crippen LogP contribution in [-0.4, -0.2) is 29.6 Å². The lowest BCUT2D eigenvalue weighted by molar-refractivity contribution is -0.130. The molecule has 1 aliphatic heterocycles. The lowest BCUT2D eigenvalue weighted by Crippen LogP contribution is -2.44. The lowest BCUT2D eigenvalue weighted by atomic mass is 10.1. The largest absolute Gasteiger partial charge is 0.323 e. The van der Waals surface area contributed by atoms with Crippen molar-refractivity contribution in [2.75, 3.05) is 6.54 Å². The summed E-state index contributed by atoms with van der Waals surface area (Å²) in [6.07, 6.45) is 9.05. The van der Waals surface area contributed by atoms with E-state index < -0.39 is 0 Å². The zero-order chi connectivity index (χ0) is 10.7. The Bertz CT molecular complexity index is 222. The van der Waals surface area contributed by atoms with Crippen molar-refractivity contribution in [3.05, 3.63) is 0 Å². The normalized spacial score (nSPS) is 29.5. The molecule has 1 saturated heterocycles. The van der Waals surface area contributed by atoms with E-state index in [0.29, 0.717) is 24.7 Å². The number of rotatable bonds is 2. The molecule has 1 unspecified atom stereocenters. The third-order valence-electron chi connectivity index (χ3n) is 3.72. The number of nitrogens with zero attached hydrogens (tertiary/aromatic N) is 1. The average molecular weight is 210 g/mol. The van der Waals surface area contributed by atoms with Gasteiger partial charge in [0.15, 0.2) is 0 Å². The number of hydrogen-bond donors (Lipinski definition) is 1. The van der Waals surface area contributed by atoms with E-state index in [9.17, 15) is 4.79 Å². The van der Waals surface area contributed by atoms with Crippen molar-refractivity contribution in [2.45, 2.75) is 64.1 Å². The number of carbonyl (C=O) groups excluding carboxylic acids is 1. The topological polar surface area (TPSA) is 32.3 Å². The Labute approximate surface area is 92.2 Å². The Kier molecular flexibility index (Phi) is 3.62. The molecule has 0 radical (unpaired) electrons. The van der Waals surface area contributed by atoms with Crippen LogP contribution in [0, 0.1) is 0 Å². The summed E-state index contributed by atoms with van der Waals surface area (Å²) in [5, 5.41) is 3.30. The minimum atomic E-state index is 0.306. The van der Waals surface area contributed by atoms with Crippen molar-refractivity contribution in [1.29, 1.82) is 0 Å². The highest BCUT2D eigenvalue weighted by molar-refractivity contribution is 5.81. The summed E-state index contributed by atoms with van der Waals surface area (Å²) >= 11 is 0. The molecular weight excluding hydrogens is 188 g/mol. The second-order valence-corrected chi connectivity index (χ2v) is 4.75. The van der Waals surface area contributed by atoms with E-state index in [2.05, 4.69) is 17.1 Å². The first-order valence-corrected chi connectivity index (χ1v) is 6.37. The highest BCUT2D eigenvalue weighted by atomic mass is 16.2. The molecule has 3 heteroatoms. The van der Waals surface area contributed by atoms with Crippen LogP contribution in [0.3, 0.4) is 0 Å². The molecule has 2 aliphatic rings. The Morgan fingerprint density at radius 1 is 1.27 bits per heavy atom. The van der Waals surface area contributed by atoms with Crippen molar-refractivity contribution < 1.29 is 4.79 Å². The molecule has 1 N–H and O–H groups in total. The predicted octanol–water partition coefficient (Wildman–Crippen LogP) is 1.88. The molecule has 15 heavy (non-hydrogen) atoms. The smallest absolute Gasteiger partial charge is 0.238 e. The molecule has 2 rings (SSSR count). The first-order chi connectivity index (χ1) is 7.33. The van der Waals surface area contributed by atoms with Crippen LogP contribution in [0.2, 0.25) is 0 Å². The Morgan fingerprint density at radius 3 is 2.53 bits per heavy atom. The SMILES string of the molecule is CCC1NCC(=O)N1C1CCCCCC1.